The van der Waals surface area contributed by atoms with Crippen LogP contribution in [0.15, 0.2) is 30.3 Å². The molecule has 0 fully saturated rings. The Labute approximate surface area is 89.3 Å². The molecule has 14 heavy (non-hydrogen) atoms. The monoisotopic (exact) mass is 207 g/mol. The number of hydrogen-bond donors (Lipinski definition) is 1. The summed E-state index contributed by atoms with van der Waals surface area (Å²) in [6.07, 6.45) is 0.961. The van der Waals surface area contributed by atoms with Gasteiger partial charge >= 0.3 is 0 Å². The van der Waals surface area contributed by atoms with Gasteiger partial charge in [0.25, 0.3) is 0 Å². The Morgan fingerprint density at radius 2 is 2.00 bits per heavy atom. The van der Waals surface area contributed by atoms with Crippen LogP contribution in [0.2, 0.25) is 0 Å². The predicted octanol–water partition coefficient (Wildman–Crippen LogP) is 2.20. The van der Waals surface area contributed by atoms with Crippen LogP contribution in [0.1, 0.15) is 23.7 Å². The molecule has 2 nitrogen and oxygen atoms in total. The van der Waals surface area contributed by atoms with Gasteiger partial charge in [-0.1, -0.05) is 49.5 Å². The Bertz CT molecular complexity index is 321. The Morgan fingerprint density at radius 1 is 1.36 bits per heavy atom. The lowest BCUT2D eigenvalue weighted by Crippen LogP contribution is -2.29. The predicted molar refractivity (Wildman–Crippen MR) is 61.7 cm³/mol. The zero-order valence-electron chi connectivity index (χ0n) is 8.12. The van der Waals surface area contributed by atoms with Gasteiger partial charge in [-0.05, 0) is 6.42 Å². The molecular weight excluding hydrogens is 194 g/mol. The first kappa shape index (κ1) is 10.9. The van der Waals surface area contributed by atoms with Crippen LogP contribution in [-0.4, -0.2) is 17.3 Å². The molecule has 0 aliphatic carbocycles. The molecule has 0 aromatic heterocycles. The third-order valence-corrected chi connectivity index (χ3v) is 2.11. The second kappa shape index (κ2) is 5.50. The first-order valence-electron chi connectivity index (χ1n) is 4.63. The standard InChI is InChI=1S/C11H13NOS/c1-2-8-12-11(14)10(13)9-6-4-3-5-7-9/h3-7H,2,8H2,1H3,(H,12,14). The average Bonchev–Trinajstić information content (AvgIpc) is 2.26. The fraction of sp³-hybridized carbons (Fsp3) is 0.273. The molecule has 1 N–H and O–H groups in total. The van der Waals surface area contributed by atoms with Crippen molar-refractivity contribution in [2.24, 2.45) is 0 Å². The number of benzene rings is 1. The van der Waals surface area contributed by atoms with Gasteiger partial charge in [-0.2, -0.15) is 0 Å². The van der Waals surface area contributed by atoms with Crippen molar-refractivity contribution in [3.63, 3.8) is 0 Å². The third-order valence-electron chi connectivity index (χ3n) is 1.78. The summed E-state index contributed by atoms with van der Waals surface area (Å²) in [5, 5.41) is 2.91. The van der Waals surface area contributed by atoms with Crippen molar-refractivity contribution in [2.75, 3.05) is 6.54 Å². The summed E-state index contributed by atoms with van der Waals surface area (Å²) < 4.78 is 0. The summed E-state index contributed by atoms with van der Waals surface area (Å²) in [5.41, 5.74) is 0.640. The molecule has 1 rings (SSSR count). The normalized spacial score (nSPS) is 9.50. The van der Waals surface area contributed by atoms with Gasteiger partial charge in [0.15, 0.2) is 0 Å². The van der Waals surface area contributed by atoms with Crippen LogP contribution in [0, 0.1) is 0 Å². The van der Waals surface area contributed by atoms with Gasteiger partial charge in [-0.3, -0.25) is 4.79 Å². The van der Waals surface area contributed by atoms with Gasteiger partial charge in [0.2, 0.25) is 5.78 Å². The number of carbonyl (C=O) groups is 1. The van der Waals surface area contributed by atoms with Crippen molar-refractivity contribution < 1.29 is 4.79 Å². The second-order valence-electron chi connectivity index (χ2n) is 2.95. The highest BCUT2D eigenvalue weighted by molar-refractivity contribution is 7.82. The van der Waals surface area contributed by atoms with Gasteiger partial charge in [-0.25, -0.2) is 0 Å². The molecule has 1 aromatic carbocycles. The number of ketones is 1. The number of Topliss-reactive ketones (excluding diaryl/α,β-unsaturated/α-hetero) is 1. The van der Waals surface area contributed by atoms with E-state index in [1.165, 1.54) is 0 Å². The number of thiocarbonyl (C=S) groups is 1. The minimum absolute atomic E-state index is 0.103. The van der Waals surface area contributed by atoms with Gasteiger partial charge in [0.05, 0.1) is 0 Å². The van der Waals surface area contributed by atoms with E-state index >= 15 is 0 Å². The largest absolute Gasteiger partial charge is 0.373 e. The van der Waals surface area contributed by atoms with Crippen molar-refractivity contribution in [3.8, 4) is 0 Å². The molecular formula is C11H13NOS. The minimum Gasteiger partial charge on any atom is -0.373 e. The van der Waals surface area contributed by atoms with E-state index in [0.717, 1.165) is 13.0 Å². The Kier molecular flexibility index (Phi) is 4.26. The second-order valence-corrected chi connectivity index (χ2v) is 3.36. The van der Waals surface area contributed by atoms with Crippen molar-refractivity contribution >= 4 is 23.0 Å². The molecule has 0 bridgehead atoms. The maximum Gasteiger partial charge on any atom is 0.219 e. The van der Waals surface area contributed by atoms with E-state index in [-0.39, 0.29) is 5.78 Å². The molecule has 0 aliphatic heterocycles. The highest BCUT2D eigenvalue weighted by Gasteiger charge is 2.09. The summed E-state index contributed by atoms with van der Waals surface area (Å²) in [4.78, 5) is 12.0. The zero-order valence-corrected chi connectivity index (χ0v) is 8.93. The van der Waals surface area contributed by atoms with Gasteiger partial charge in [0.1, 0.15) is 4.99 Å². The fourth-order valence-electron chi connectivity index (χ4n) is 1.04. The first-order valence-corrected chi connectivity index (χ1v) is 5.04. The van der Waals surface area contributed by atoms with Crippen LogP contribution in [-0.2, 0) is 0 Å². The van der Waals surface area contributed by atoms with E-state index in [1.54, 1.807) is 12.1 Å². The van der Waals surface area contributed by atoms with E-state index in [2.05, 4.69) is 5.32 Å². The lowest BCUT2D eigenvalue weighted by Gasteiger charge is -2.04. The maximum absolute atomic E-state index is 11.6. The van der Waals surface area contributed by atoms with Gasteiger partial charge in [-0.15, -0.1) is 0 Å². The molecule has 0 spiro atoms. The Morgan fingerprint density at radius 3 is 2.57 bits per heavy atom. The van der Waals surface area contributed by atoms with Crippen LogP contribution in [0.5, 0.6) is 0 Å². The molecule has 0 heterocycles. The summed E-state index contributed by atoms with van der Waals surface area (Å²) in [6, 6.07) is 9.06. The van der Waals surface area contributed by atoms with Crippen molar-refractivity contribution in [2.45, 2.75) is 13.3 Å². The van der Waals surface area contributed by atoms with Crippen LogP contribution in [0.4, 0.5) is 0 Å². The van der Waals surface area contributed by atoms with E-state index in [1.807, 2.05) is 25.1 Å². The summed E-state index contributed by atoms with van der Waals surface area (Å²) in [6.45, 7) is 2.78. The van der Waals surface area contributed by atoms with Crippen LogP contribution in [0.25, 0.3) is 0 Å². The van der Waals surface area contributed by atoms with Crippen molar-refractivity contribution in [1.29, 1.82) is 0 Å². The number of hydrogen-bond acceptors (Lipinski definition) is 2. The smallest absolute Gasteiger partial charge is 0.219 e. The average molecular weight is 207 g/mol. The summed E-state index contributed by atoms with van der Waals surface area (Å²) in [7, 11) is 0. The van der Waals surface area contributed by atoms with Crippen molar-refractivity contribution in [3.05, 3.63) is 35.9 Å². The molecule has 0 atom stereocenters. The molecule has 3 heteroatoms. The zero-order chi connectivity index (χ0) is 10.4. The fourth-order valence-corrected chi connectivity index (χ4v) is 1.26. The number of rotatable bonds is 4. The molecule has 1 aromatic rings. The van der Waals surface area contributed by atoms with Crippen LogP contribution < -0.4 is 5.32 Å². The van der Waals surface area contributed by atoms with E-state index in [4.69, 9.17) is 12.2 Å². The minimum atomic E-state index is -0.103. The highest BCUT2D eigenvalue weighted by atomic mass is 32.1. The molecule has 74 valence electrons. The molecule has 0 saturated heterocycles. The molecule has 0 amide bonds. The van der Waals surface area contributed by atoms with E-state index in [0.29, 0.717) is 10.6 Å². The topological polar surface area (TPSA) is 29.1 Å². The Hall–Kier alpha value is -1.22. The van der Waals surface area contributed by atoms with Gasteiger partial charge < -0.3 is 5.32 Å². The molecule has 0 unspecified atom stereocenters. The van der Waals surface area contributed by atoms with Crippen LogP contribution >= 0.6 is 12.2 Å². The first-order chi connectivity index (χ1) is 6.75. The lowest BCUT2D eigenvalue weighted by atomic mass is 10.1. The lowest BCUT2D eigenvalue weighted by molar-refractivity contribution is 0.106. The SMILES string of the molecule is CCCNC(=S)C(=O)c1ccccc1. The highest BCUT2D eigenvalue weighted by Crippen LogP contribution is 2.00. The Balaban J connectivity index is 2.62. The molecule has 0 radical (unpaired) electrons. The maximum atomic E-state index is 11.6. The van der Waals surface area contributed by atoms with E-state index in [9.17, 15) is 4.79 Å². The van der Waals surface area contributed by atoms with Gasteiger partial charge in [0, 0.05) is 12.1 Å². The third kappa shape index (κ3) is 2.92. The van der Waals surface area contributed by atoms with E-state index < -0.39 is 0 Å². The summed E-state index contributed by atoms with van der Waals surface area (Å²) >= 11 is 4.96. The van der Waals surface area contributed by atoms with Crippen molar-refractivity contribution in [1.82, 2.24) is 5.32 Å². The van der Waals surface area contributed by atoms with Crippen LogP contribution in [0.3, 0.4) is 0 Å². The number of nitrogens with one attached hydrogen (secondary N) is 1. The quantitative estimate of drug-likeness (QED) is 0.606. The molecule has 0 saturated carbocycles. The summed E-state index contributed by atoms with van der Waals surface area (Å²) in [5.74, 6) is -0.103. The number of carbonyl (C=O) groups excluding carboxylic acids is 1. The molecule has 0 aliphatic rings.